The highest BCUT2D eigenvalue weighted by Crippen LogP contribution is 2.13. The number of nitrogens with one attached hydrogen (secondary N) is 1. The zero-order valence-electron chi connectivity index (χ0n) is 11.8. The lowest BCUT2D eigenvalue weighted by atomic mass is 10.0. The van der Waals surface area contributed by atoms with Crippen LogP contribution in [0, 0.1) is 0 Å². The fraction of sp³-hybridized carbons (Fsp3) is 0.375. The number of para-hydroxylation sites is 1. The third kappa shape index (κ3) is 2.97. The molecule has 0 unspecified atom stereocenters. The minimum Gasteiger partial charge on any atom is -0.341 e. The van der Waals surface area contributed by atoms with Gasteiger partial charge in [-0.25, -0.2) is 0 Å². The van der Waals surface area contributed by atoms with Gasteiger partial charge in [-0.15, -0.1) is 0 Å². The summed E-state index contributed by atoms with van der Waals surface area (Å²) in [6.07, 6.45) is 2.02. The van der Waals surface area contributed by atoms with Crippen LogP contribution in [-0.2, 0) is 11.2 Å². The SMILES string of the molecule is N[C@H]1CCCN(C(=O)Cc2cc3ccccc3[nH]c2=O)C1. The quantitative estimate of drug-likeness (QED) is 0.864. The molecule has 1 fully saturated rings. The standard InChI is InChI=1S/C16H19N3O2/c17-13-5-3-7-19(10-13)15(20)9-12-8-11-4-1-2-6-14(11)18-16(12)21/h1-2,4,6,8,13H,3,5,7,9-10,17H2,(H,18,21)/t13-/m0/s1. The van der Waals surface area contributed by atoms with Crippen LogP contribution in [0.4, 0.5) is 0 Å². The van der Waals surface area contributed by atoms with Crippen molar-refractivity contribution < 1.29 is 4.79 Å². The van der Waals surface area contributed by atoms with E-state index < -0.39 is 0 Å². The minimum atomic E-state index is -0.191. The van der Waals surface area contributed by atoms with E-state index in [0.29, 0.717) is 12.1 Å². The van der Waals surface area contributed by atoms with Gasteiger partial charge in [-0.2, -0.15) is 0 Å². The molecule has 5 nitrogen and oxygen atoms in total. The van der Waals surface area contributed by atoms with E-state index in [1.165, 1.54) is 0 Å². The average molecular weight is 285 g/mol. The summed E-state index contributed by atoms with van der Waals surface area (Å²) < 4.78 is 0. The van der Waals surface area contributed by atoms with Gasteiger partial charge in [0.1, 0.15) is 0 Å². The number of carbonyl (C=O) groups is 1. The van der Waals surface area contributed by atoms with Crippen LogP contribution in [0.5, 0.6) is 0 Å². The lowest BCUT2D eigenvalue weighted by Gasteiger charge is -2.30. The van der Waals surface area contributed by atoms with Gasteiger partial charge in [-0.05, 0) is 30.4 Å². The van der Waals surface area contributed by atoms with Crippen molar-refractivity contribution in [2.75, 3.05) is 13.1 Å². The second-order valence-corrected chi connectivity index (χ2v) is 5.63. The van der Waals surface area contributed by atoms with Crippen LogP contribution in [-0.4, -0.2) is 34.9 Å². The Morgan fingerprint density at radius 2 is 2.19 bits per heavy atom. The lowest BCUT2D eigenvalue weighted by Crippen LogP contribution is -2.46. The van der Waals surface area contributed by atoms with E-state index in [-0.39, 0.29) is 23.9 Å². The number of nitrogens with zero attached hydrogens (tertiary/aromatic N) is 1. The van der Waals surface area contributed by atoms with Crippen LogP contribution in [0.2, 0.25) is 0 Å². The molecule has 1 aliphatic rings. The van der Waals surface area contributed by atoms with Crippen molar-refractivity contribution in [2.24, 2.45) is 5.73 Å². The summed E-state index contributed by atoms with van der Waals surface area (Å²) in [6.45, 7) is 1.32. The molecule has 1 aromatic carbocycles. The summed E-state index contributed by atoms with van der Waals surface area (Å²) in [5.74, 6) is -0.0223. The molecule has 1 saturated heterocycles. The number of amides is 1. The number of hydrogen-bond acceptors (Lipinski definition) is 3. The number of fused-ring (bicyclic) bond motifs is 1. The van der Waals surface area contributed by atoms with Crippen molar-refractivity contribution in [3.8, 4) is 0 Å². The van der Waals surface area contributed by atoms with Crippen LogP contribution in [0.1, 0.15) is 18.4 Å². The number of aromatic amines is 1. The van der Waals surface area contributed by atoms with Gasteiger partial charge in [0, 0.05) is 30.2 Å². The number of benzene rings is 1. The number of nitrogens with two attached hydrogens (primary N) is 1. The summed E-state index contributed by atoms with van der Waals surface area (Å²) in [5, 5.41) is 0.940. The smallest absolute Gasteiger partial charge is 0.252 e. The second kappa shape index (κ2) is 5.69. The van der Waals surface area contributed by atoms with Gasteiger partial charge in [0.25, 0.3) is 5.56 Å². The van der Waals surface area contributed by atoms with E-state index in [1.54, 1.807) is 11.0 Å². The highest BCUT2D eigenvalue weighted by Gasteiger charge is 2.22. The predicted octanol–water partition coefficient (Wildman–Crippen LogP) is 1.02. The Hall–Kier alpha value is -2.14. The summed E-state index contributed by atoms with van der Waals surface area (Å²) >= 11 is 0. The maximum absolute atomic E-state index is 12.3. The van der Waals surface area contributed by atoms with Crippen LogP contribution in [0.25, 0.3) is 10.9 Å². The molecule has 0 radical (unpaired) electrons. The number of piperidine rings is 1. The van der Waals surface area contributed by atoms with E-state index >= 15 is 0 Å². The number of aromatic nitrogens is 1. The summed E-state index contributed by atoms with van der Waals surface area (Å²) in [5.41, 5.74) is 7.01. The number of carbonyl (C=O) groups excluding carboxylic acids is 1. The first-order valence-corrected chi connectivity index (χ1v) is 7.28. The van der Waals surface area contributed by atoms with Crippen LogP contribution in [0.3, 0.4) is 0 Å². The van der Waals surface area contributed by atoms with Crippen molar-refractivity contribution in [2.45, 2.75) is 25.3 Å². The third-order valence-corrected chi connectivity index (χ3v) is 3.98. The molecular formula is C16H19N3O2. The number of H-pyrrole nitrogens is 1. The van der Waals surface area contributed by atoms with Gasteiger partial charge in [0.05, 0.1) is 6.42 Å². The molecule has 2 aromatic rings. The van der Waals surface area contributed by atoms with Gasteiger partial charge in [-0.1, -0.05) is 18.2 Å². The third-order valence-electron chi connectivity index (χ3n) is 3.98. The number of hydrogen-bond donors (Lipinski definition) is 2. The van der Waals surface area contributed by atoms with Crippen molar-refractivity contribution >= 4 is 16.8 Å². The lowest BCUT2D eigenvalue weighted by molar-refractivity contribution is -0.131. The van der Waals surface area contributed by atoms with Crippen molar-refractivity contribution in [3.63, 3.8) is 0 Å². The van der Waals surface area contributed by atoms with E-state index in [2.05, 4.69) is 4.98 Å². The zero-order valence-corrected chi connectivity index (χ0v) is 11.8. The van der Waals surface area contributed by atoms with Gasteiger partial charge in [0.15, 0.2) is 0 Å². The maximum atomic E-state index is 12.3. The zero-order chi connectivity index (χ0) is 14.8. The molecular weight excluding hydrogens is 266 g/mol. The molecule has 1 aliphatic heterocycles. The van der Waals surface area contributed by atoms with Gasteiger partial charge < -0.3 is 15.6 Å². The second-order valence-electron chi connectivity index (χ2n) is 5.63. The first kappa shape index (κ1) is 13.8. The number of rotatable bonds is 2. The average Bonchev–Trinajstić information content (AvgIpc) is 2.48. The Labute approximate surface area is 122 Å². The molecule has 5 heteroatoms. The molecule has 1 atom stereocenters. The molecule has 1 aromatic heterocycles. The van der Waals surface area contributed by atoms with Crippen molar-refractivity contribution in [1.82, 2.24) is 9.88 Å². The Kier molecular flexibility index (Phi) is 3.75. The van der Waals surface area contributed by atoms with Crippen LogP contribution >= 0.6 is 0 Å². The highest BCUT2D eigenvalue weighted by molar-refractivity contribution is 5.82. The molecule has 3 N–H and O–H groups in total. The fourth-order valence-electron chi connectivity index (χ4n) is 2.84. The maximum Gasteiger partial charge on any atom is 0.252 e. The molecule has 21 heavy (non-hydrogen) atoms. The number of pyridine rings is 1. The Morgan fingerprint density at radius 3 is 3.00 bits per heavy atom. The van der Waals surface area contributed by atoms with Crippen LogP contribution in [0.15, 0.2) is 35.1 Å². The van der Waals surface area contributed by atoms with E-state index in [0.717, 1.165) is 30.3 Å². The van der Waals surface area contributed by atoms with Crippen molar-refractivity contribution in [1.29, 1.82) is 0 Å². The van der Waals surface area contributed by atoms with E-state index in [9.17, 15) is 9.59 Å². The predicted molar refractivity (Wildman–Crippen MR) is 82.1 cm³/mol. The number of likely N-dealkylation sites (tertiary alicyclic amines) is 1. The monoisotopic (exact) mass is 285 g/mol. The molecule has 0 saturated carbocycles. The highest BCUT2D eigenvalue weighted by atomic mass is 16.2. The van der Waals surface area contributed by atoms with Crippen LogP contribution < -0.4 is 11.3 Å². The molecule has 1 amide bonds. The summed E-state index contributed by atoms with van der Waals surface area (Å²) in [6, 6.07) is 9.42. The molecule has 0 spiro atoms. The largest absolute Gasteiger partial charge is 0.341 e. The van der Waals surface area contributed by atoms with Gasteiger partial charge in [0.2, 0.25) is 5.91 Å². The summed E-state index contributed by atoms with van der Waals surface area (Å²) in [4.78, 5) is 29.0. The molecule has 2 heterocycles. The fourth-order valence-corrected chi connectivity index (χ4v) is 2.84. The Balaban J connectivity index is 1.82. The Morgan fingerprint density at radius 1 is 1.38 bits per heavy atom. The molecule has 110 valence electrons. The minimum absolute atomic E-state index is 0.0223. The molecule has 0 aliphatic carbocycles. The normalized spacial score (nSPS) is 18.9. The summed E-state index contributed by atoms with van der Waals surface area (Å²) in [7, 11) is 0. The van der Waals surface area contributed by atoms with Gasteiger partial charge >= 0.3 is 0 Å². The Bertz CT molecular complexity index is 723. The first-order valence-electron chi connectivity index (χ1n) is 7.28. The van der Waals surface area contributed by atoms with Crippen molar-refractivity contribution in [3.05, 3.63) is 46.2 Å². The molecule has 3 rings (SSSR count). The van der Waals surface area contributed by atoms with E-state index in [4.69, 9.17) is 5.73 Å². The molecule has 0 bridgehead atoms. The van der Waals surface area contributed by atoms with E-state index in [1.807, 2.05) is 24.3 Å². The topological polar surface area (TPSA) is 79.2 Å². The first-order chi connectivity index (χ1) is 10.1. The van der Waals surface area contributed by atoms with Gasteiger partial charge in [-0.3, -0.25) is 9.59 Å².